The van der Waals surface area contributed by atoms with E-state index in [0.717, 1.165) is 0 Å². The highest BCUT2D eigenvalue weighted by molar-refractivity contribution is 5.78. The number of nitrogens with one attached hydrogen (secondary N) is 1. The fourth-order valence-electron chi connectivity index (χ4n) is 2.43. The van der Waals surface area contributed by atoms with Gasteiger partial charge in [-0.2, -0.15) is 13.2 Å². The predicted molar refractivity (Wildman–Crippen MR) is 65.0 cm³/mol. The molecule has 20 heavy (non-hydrogen) atoms. The van der Waals surface area contributed by atoms with Gasteiger partial charge in [0.05, 0.1) is 5.92 Å². The summed E-state index contributed by atoms with van der Waals surface area (Å²) in [6, 6.07) is 0. The molecule has 2 N–H and O–H groups in total. The number of azide groups is 1. The van der Waals surface area contributed by atoms with Gasteiger partial charge in [-0.15, -0.1) is 0 Å². The van der Waals surface area contributed by atoms with E-state index in [9.17, 15) is 23.1 Å². The minimum atomic E-state index is -4.26. The Kier molecular flexibility index (Phi) is 5.64. The molecule has 9 heteroatoms. The van der Waals surface area contributed by atoms with Gasteiger partial charge in [0.2, 0.25) is 0 Å². The maximum absolute atomic E-state index is 12.6. The molecule has 1 rings (SSSR count). The Morgan fingerprint density at radius 3 is 2.50 bits per heavy atom. The zero-order chi connectivity index (χ0) is 15.2. The van der Waals surface area contributed by atoms with Crippen LogP contribution in [0.5, 0.6) is 0 Å². The van der Waals surface area contributed by atoms with E-state index in [2.05, 4.69) is 15.3 Å². The summed E-state index contributed by atoms with van der Waals surface area (Å²) in [5.74, 6) is -2.54. The van der Waals surface area contributed by atoms with E-state index in [1.54, 1.807) is 0 Å². The minimum absolute atomic E-state index is 0.0476. The van der Waals surface area contributed by atoms with Gasteiger partial charge in [-0.1, -0.05) is 5.11 Å². The summed E-state index contributed by atoms with van der Waals surface area (Å²) in [6.45, 7) is 0.520. The van der Waals surface area contributed by atoms with Crippen LogP contribution in [0.4, 0.5) is 13.2 Å². The van der Waals surface area contributed by atoms with Crippen LogP contribution in [0.3, 0.4) is 0 Å². The van der Waals surface area contributed by atoms with E-state index in [-0.39, 0.29) is 32.2 Å². The Labute approximate surface area is 114 Å². The van der Waals surface area contributed by atoms with Crippen molar-refractivity contribution in [3.8, 4) is 0 Å². The fraction of sp³-hybridized carbons (Fsp3) is 0.909. The normalized spacial score (nSPS) is 26.9. The van der Waals surface area contributed by atoms with E-state index in [4.69, 9.17) is 5.53 Å². The zero-order valence-electron chi connectivity index (χ0n) is 10.9. The molecule has 0 amide bonds. The van der Waals surface area contributed by atoms with Crippen molar-refractivity contribution in [3.63, 3.8) is 0 Å². The second-order valence-electron chi connectivity index (χ2n) is 4.94. The average Bonchev–Trinajstić information content (AvgIpc) is 2.37. The van der Waals surface area contributed by atoms with Crippen LogP contribution in [-0.2, 0) is 4.79 Å². The molecule has 0 radical (unpaired) electrons. The lowest BCUT2D eigenvalue weighted by Crippen LogP contribution is -2.55. The van der Waals surface area contributed by atoms with E-state index >= 15 is 0 Å². The number of nitrogens with zero attached hydrogens (tertiary/aromatic N) is 3. The van der Waals surface area contributed by atoms with Crippen LogP contribution >= 0.6 is 0 Å². The van der Waals surface area contributed by atoms with Crippen LogP contribution in [0, 0.1) is 5.92 Å². The monoisotopic (exact) mass is 294 g/mol. The smallest absolute Gasteiger partial charge is 0.391 e. The number of aliphatic carboxylic acids is 1. The molecule has 0 bridgehead atoms. The average molecular weight is 294 g/mol. The Balaban J connectivity index is 2.54. The Morgan fingerprint density at radius 2 is 2.05 bits per heavy atom. The van der Waals surface area contributed by atoms with E-state index in [1.165, 1.54) is 0 Å². The molecule has 0 saturated heterocycles. The van der Waals surface area contributed by atoms with E-state index < -0.39 is 23.6 Å². The molecule has 6 nitrogen and oxygen atoms in total. The Hall–Kier alpha value is -1.47. The summed E-state index contributed by atoms with van der Waals surface area (Å²) in [4.78, 5) is 13.9. The molecule has 0 spiro atoms. The first-order valence-electron chi connectivity index (χ1n) is 6.38. The van der Waals surface area contributed by atoms with E-state index in [0.29, 0.717) is 13.0 Å². The summed E-state index contributed by atoms with van der Waals surface area (Å²) in [7, 11) is 0. The molecule has 0 unspecified atom stereocenters. The van der Waals surface area contributed by atoms with Crippen molar-refractivity contribution in [2.75, 3.05) is 13.1 Å². The molecular weight excluding hydrogens is 277 g/mol. The highest BCUT2D eigenvalue weighted by Crippen LogP contribution is 2.41. The summed E-state index contributed by atoms with van der Waals surface area (Å²) in [5.41, 5.74) is 6.80. The predicted octanol–water partition coefficient (Wildman–Crippen LogP) is 2.85. The topological polar surface area (TPSA) is 98.1 Å². The van der Waals surface area contributed by atoms with Gasteiger partial charge in [0, 0.05) is 11.5 Å². The van der Waals surface area contributed by atoms with Gasteiger partial charge in [0.15, 0.2) is 0 Å². The molecule has 1 fully saturated rings. The molecular formula is C11H17F3N4O2. The lowest BCUT2D eigenvalue weighted by atomic mass is 9.76. The van der Waals surface area contributed by atoms with Gasteiger partial charge in [0.1, 0.15) is 5.54 Å². The third kappa shape index (κ3) is 4.28. The summed E-state index contributed by atoms with van der Waals surface area (Å²) in [6.07, 6.45) is -4.27. The largest absolute Gasteiger partial charge is 0.480 e. The third-order valence-electron chi connectivity index (χ3n) is 3.67. The molecule has 1 aliphatic carbocycles. The van der Waals surface area contributed by atoms with Crippen LogP contribution in [0.25, 0.3) is 10.4 Å². The molecule has 0 aromatic carbocycles. The van der Waals surface area contributed by atoms with Gasteiger partial charge in [-0.3, -0.25) is 4.79 Å². The van der Waals surface area contributed by atoms with Crippen molar-refractivity contribution in [2.24, 2.45) is 11.0 Å². The lowest BCUT2D eigenvalue weighted by molar-refractivity contribution is -0.188. The highest BCUT2D eigenvalue weighted by atomic mass is 19.4. The number of alkyl halides is 3. The third-order valence-corrected chi connectivity index (χ3v) is 3.67. The summed E-state index contributed by atoms with van der Waals surface area (Å²) >= 11 is 0. The van der Waals surface area contributed by atoms with Gasteiger partial charge in [0.25, 0.3) is 0 Å². The SMILES string of the molecule is [N-]=[N+]=NCCCNC1(C(=O)O)CCC(C(F)(F)F)CC1. The van der Waals surface area contributed by atoms with Crippen molar-refractivity contribution in [3.05, 3.63) is 10.4 Å². The fourth-order valence-corrected chi connectivity index (χ4v) is 2.43. The zero-order valence-corrected chi connectivity index (χ0v) is 10.9. The Morgan fingerprint density at radius 1 is 1.45 bits per heavy atom. The number of carboxylic acids is 1. The minimum Gasteiger partial charge on any atom is -0.480 e. The number of carboxylic acid groups (broad SMARTS) is 1. The number of hydrogen-bond acceptors (Lipinski definition) is 3. The standard InChI is InChI=1S/C11H17F3N4O2/c12-11(13,14)8-2-4-10(5-3-8,9(19)20)16-6-1-7-17-18-15/h8,16H,1-7H2,(H,19,20). The van der Waals surface area contributed by atoms with Crippen molar-refractivity contribution < 1.29 is 23.1 Å². The first kappa shape index (κ1) is 16.6. The maximum Gasteiger partial charge on any atom is 0.391 e. The Bertz CT molecular complexity index is 386. The second kappa shape index (κ2) is 6.81. The number of rotatable bonds is 6. The van der Waals surface area contributed by atoms with Crippen LogP contribution in [0.2, 0.25) is 0 Å². The van der Waals surface area contributed by atoms with Crippen LogP contribution in [-0.4, -0.2) is 35.9 Å². The summed E-state index contributed by atoms with van der Waals surface area (Å²) < 4.78 is 37.7. The number of carbonyl (C=O) groups is 1. The number of halogens is 3. The van der Waals surface area contributed by atoms with Crippen molar-refractivity contribution in [2.45, 2.75) is 43.8 Å². The lowest BCUT2D eigenvalue weighted by Gasteiger charge is -2.38. The molecule has 0 heterocycles. The van der Waals surface area contributed by atoms with Crippen molar-refractivity contribution in [1.82, 2.24) is 5.32 Å². The first-order chi connectivity index (χ1) is 9.32. The van der Waals surface area contributed by atoms with Crippen LogP contribution in [0.1, 0.15) is 32.1 Å². The van der Waals surface area contributed by atoms with E-state index in [1.807, 2.05) is 0 Å². The molecule has 0 aromatic heterocycles. The quantitative estimate of drug-likeness (QED) is 0.341. The molecule has 0 atom stereocenters. The van der Waals surface area contributed by atoms with Crippen molar-refractivity contribution in [1.29, 1.82) is 0 Å². The van der Waals surface area contributed by atoms with Crippen LogP contribution < -0.4 is 5.32 Å². The molecule has 1 aliphatic rings. The van der Waals surface area contributed by atoms with Gasteiger partial charge in [-0.25, -0.2) is 0 Å². The molecule has 1 saturated carbocycles. The van der Waals surface area contributed by atoms with Gasteiger partial charge in [-0.05, 0) is 44.2 Å². The molecule has 0 aromatic rings. The maximum atomic E-state index is 12.6. The molecule has 114 valence electrons. The first-order valence-corrected chi connectivity index (χ1v) is 6.38. The molecule has 0 aliphatic heterocycles. The summed E-state index contributed by atoms with van der Waals surface area (Å²) in [5, 5.41) is 15.4. The van der Waals surface area contributed by atoms with Crippen molar-refractivity contribution >= 4 is 5.97 Å². The second-order valence-corrected chi connectivity index (χ2v) is 4.94. The van der Waals surface area contributed by atoms with Gasteiger partial charge < -0.3 is 10.4 Å². The van der Waals surface area contributed by atoms with Crippen LogP contribution in [0.15, 0.2) is 5.11 Å². The highest BCUT2D eigenvalue weighted by Gasteiger charge is 2.48. The number of hydrogen-bond donors (Lipinski definition) is 2. The van der Waals surface area contributed by atoms with Gasteiger partial charge >= 0.3 is 12.1 Å².